The minimum Gasteiger partial charge on any atom is -0.513 e. The van der Waals surface area contributed by atoms with Crippen LogP contribution in [0.3, 0.4) is 0 Å². The smallest absolute Gasteiger partial charge is 0.0897 e. The van der Waals surface area contributed by atoms with E-state index in [1.165, 1.54) is 0 Å². The molecular weight excluding hydrogens is 317 g/mol. The number of hydrogen-bond donors (Lipinski definition) is 1. The Hall–Kier alpha value is -2.03. The molecule has 0 spiro atoms. The quantitative estimate of drug-likeness (QED) is 0.574. The molecule has 3 rings (SSSR count). The van der Waals surface area contributed by atoms with Crippen molar-refractivity contribution in [3.05, 3.63) is 69.9 Å². The molecule has 0 aliphatic rings. The molecule has 1 aromatic heterocycles. The Morgan fingerprint density at radius 2 is 1.77 bits per heavy atom. The van der Waals surface area contributed by atoms with Gasteiger partial charge in [0.05, 0.1) is 27.0 Å². The van der Waals surface area contributed by atoms with Crippen molar-refractivity contribution in [2.24, 2.45) is 0 Å². The van der Waals surface area contributed by atoms with Crippen molar-refractivity contribution in [2.45, 2.75) is 6.92 Å². The first-order valence-electron chi connectivity index (χ1n) is 6.77. The van der Waals surface area contributed by atoms with Crippen LogP contribution in [0, 0.1) is 0 Å². The van der Waals surface area contributed by atoms with Crippen molar-refractivity contribution in [1.82, 2.24) is 4.98 Å². The number of halogens is 2. The molecule has 0 amide bonds. The first-order valence-corrected chi connectivity index (χ1v) is 7.52. The Kier molecular flexibility index (Phi) is 4.06. The number of pyridine rings is 1. The van der Waals surface area contributed by atoms with Gasteiger partial charge in [0.1, 0.15) is 0 Å². The minimum absolute atomic E-state index is 0.270. The fraction of sp³-hybridized carbons (Fsp3) is 0.0556. The van der Waals surface area contributed by atoms with Crippen LogP contribution in [0.1, 0.15) is 12.5 Å². The van der Waals surface area contributed by atoms with Gasteiger partial charge < -0.3 is 5.11 Å². The average Bonchev–Trinajstić information content (AvgIpc) is 2.46. The molecule has 0 atom stereocenters. The highest BCUT2D eigenvalue weighted by Gasteiger charge is 2.10. The van der Waals surface area contributed by atoms with Crippen molar-refractivity contribution in [1.29, 1.82) is 0 Å². The summed E-state index contributed by atoms with van der Waals surface area (Å²) in [7, 11) is 0. The molecule has 0 bridgehead atoms. The Morgan fingerprint density at radius 3 is 2.45 bits per heavy atom. The lowest BCUT2D eigenvalue weighted by molar-refractivity contribution is 0.420. The minimum atomic E-state index is 0.270. The first-order chi connectivity index (χ1) is 10.5. The summed E-state index contributed by atoms with van der Waals surface area (Å²) in [5, 5.41) is 11.5. The van der Waals surface area contributed by atoms with Gasteiger partial charge in [0.15, 0.2) is 0 Å². The summed E-state index contributed by atoms with van der Waals surface area (Å²) in [6, 6.07) is 15.1. The van der Waals surface area contributed by atoms with Gasteiger partial charge in [-0.1, -0.05) is 41.4 Å². The third-order valence-corrected chi connectivity index (χ3v) is 3.94. The van der Waals surface area contributed by atoms with Crippen LogP contribution in [0.15, 0.2) is 54.3 Å². The Balaban J connectivity index is 2.13. The number of rotatable bonds is 2. The summed E-state index contributed by atoms with van der Waals surface area (Å²) in [6.45, 7) is 1.64. The van der Waals surface area contributed by atoms with E-state index in [-0.39, 0.29) is 5.76 Å². The van der Waals surface area contributed by atoms with Crippen LogP contribution in [-0.4, -0.2) is 10.1 Å². The zero-order valence-corrected chi connectivity index (χ0v) is 13.4. The molecule has 0 radical (unpaired) electrons. The summed E-state index contributed by atoms with van der Waals surface area (Å²) in [5.74, 6) is 0.270. The molecule has 0 aliphatic heterocycles. The number of nitrogens with zero attached hydrogens (tertiary/aromatic N) is 1. The summed E-state index contributed by atoms with van der Waals surface area (Å²) >= 11 is 12.5. The first kappa shape index (κ1) is 14.9. The zero-order chi connectivity index (χ0) is 15.7. The monoisotopic (exact) mass is 329 g/mol. The molecule has 4 heteroatoms. The topological polar surface area (TPSA) is 33.1 Å². The van der Waals surface area contributed by atoms with Gasteiger partial charge >= 0.3 is 0 Å². The number of aliphatic hydroxyl groups excluding tert-OH is 1. The Bertz CT molecular complexity index is 863. The SMILES string of the molecule is C/C(O)=C/c1ccc2nc(-c3c(Cl)cccc3Cl)ccc2c1. The zero-order valence-electron chi connectivity index (χ0n) is 11.8. The maximum absolute atomic E-state index is 9.35. The van der Waals surface area contributed by atoms with Crippen LogP contribution in [0.2, 0.25) is 10.0 Å². The van der Waals surface area contributed by atoms with Gasteiger partial charge in [0.2, 0.25) is 0 Å². The summed E-state index contributed by atoms with van der Waals surface area (Å²) in [6.07, 6.45) is 1.71. The molecule has 0 saturated carbocycles. The predicted octanol–water partition coefficient (Wildman–Crippen LogP) is 6.13. The molecule has 1 heterocycles. The van der Waals surface area contributed by atoms with Gasteiger partial charge in [-0.25, -0.2) is 4.98 Å². The molecule has 110 valence electrons. The molecule has 0 aliphatic carbocycles. The fourth-order valence-electron chi connectivity index (χ4n) is 2.36. The van der Waals surface area contributed by atoms with Gasteiger partial charge in [-0.15, -0.1) is 0 Å². The van der Waals surface area contributed by atoms with E-state index < -0.39 is 0 Å². The van der Waals surface area contributed by atoms with Crippen molar-refractivity contribution in [3.63, 3.8) is 0 Å². The van der Waals surface area contributed by atoms with Crippen LogP contribution < -0.4 is 0 Å². The standard InChI is InChI=1S/C18H13Cl2NO/c1-11(22)9-12-5-7-16-13(10-12)6-8-17(21-16)18-14(19)3-2-4-15(18)20/h2-10,22H,1H3/b11-9-. The normalized spacial score (nSPS) is 11.9. The van der Waals surface area contributed by atoms with Crippen molar-refractivity contribution in [3.8, 4) is 11.3 Å². The summed E-state index contributed by atoms with van der Waals surface area (Å²) in [4.78, 5) is 4.64. The van der Waals surface area contributed by atoms with Crippen LogP contribution in [0.5, 0.6) is 0 Å². The van der Waals surface area contributed by atoms with E-state index in [2.05, 4.69) is 4.98 Å². The van der Waals surface area contributed by atoms with E-state index in [9.17, 15) is 5.11 Å². The van der Waals surface area contributed by atoms with Crippen LogP contribution in [0.4, 0.5) is 0 Å². The Morgan fingerprint density at radius 1 is 1.05 bits per heavy atom. The van der Waals surface area contributed by atoms with E-state index in [1.807, 2.05) is 36.4 Å². The third-order valence-electron chi connectivity index (χ3n) is 3.31. The third kappa shape index (κ3) is 2.94. The lowest BCUT2D eigenvalue weighted by atomic mass is 10.1. The second-order valence-electron chi connectivity index (χ2n) is 5.03. The van der Waals surface area contributed by atoms with E-state index in [4.69, 9.17) is 23.2 Å². The molecule has 0 fully saturated rings. The number of fused-ring (bicyclic) bond motifs is 1. The number of allylic oxidation sites excluding steroid dienone is 1. The maximum Gasteiger partial charge on any atom is 0.0897 e. The molecular formula is C18H13Cl2NO. The molecule has 2 nitrogen and oxygen atoms in total. The molecule has 22 heavy (non-hydrogen) atoms. The summed E-state index contributed by atoms with van der Waals surface area (Å²) in [5.41, 5.74) is 3.26. The van der Waals surface area contributed by atoms with Crippen molar-refractivity contribution in [2.75, 3.05) is 0 Å². The molecule has 2 aromatic carbocycles. The molecule has 0 saturated heterocycles. The Labute approximate surface area is 138 Å². The number of aliphatic hydroxyl groups is 1. The van der Waals surface area contributed by atoms with Crippen LogP contribution in [-0.2, 0) is 0 Å². The number of benzene rings is 2. The van der Waals surface area contributed by atoms with Crippen molar-refractivity contribution < 1.29 is 5.11 Å². The maximum atomic E-state index is 9.35. The van der Waals surface area contributed by atoms with Gasteiger partial charge in [-0.2, -0.15) is 0 Å². The number of hydrogen-bond acceptors (Lipinski definition) is 2. The van der Waals surface area contributed by atoms with E-state index in [0.717, 1.165) is 27.7 Å². The van der Waals surface area contributed by atoms with Gasteiger partial charge in [-0.05, 0) is 48.9 Å². The van der Waals surface area contributed by atoms with Crippen molar-refractivity contribution >= 4 is 40.2 Å². The van der Waals surface area contributed by atoms with Gasteiger partial charge in [-0.3, -0.25) is 0 Å². The molecule has 1 N–H and O–H groups in total. The molecule has 3 aromatic rings. The lowest BCUT2D eigenvalue weighted by Crippen LogP contribution is -1.88. The number of aromatic nitrogens is 1. The van der Waals surface area contributed by atoms with Gasteiger partial charge in [0.25, 0.3) is 0 Å². The van der Waals surface area contributed by atoms with E-state index >= 15 is 0 Å². The van der Waals surface area contributed by atoms with Crippen LogP contribution in [0.25, 0.3) is 28.2 Å². The van der Waals surface area contributed by atoms with E-state index in [1.54, 1.807) is 25.1 Å². The highest BCUT2D eigenvalue weighted by molar-refractivity contribution is 6.39. The van der Waals surface area contributed by atoms with Crippen LogP contribution >= 0.6 is 23.2 Å². The van der Waals surface area contributed by atoms with Gasteiger partial charge in [0, 0.05) is 10.9 Å². The van der Waals surface area contributed by atoms with E-state index in [0.29, 0.717) is 10.0 Å². The molecule has 0 unspecified atom stereocenters. The highest BCUT2D eigenvalue weighted by atomic mass is 35.5. The summed E-state index contributed by atoms with van der Waals surface area (Å²) < 4.78 is 0. The average molecular weight is 330 g/mol. The lowest BCUT2D eigenvalue weighted by Gasteiger charge is -2.08. The predicted molar refractivity (Wildman–Crippen MR) is 93.5 cm³/mol. The second kappa shape index (κ2) is 5.99. The fourth-order valence-corrected chi connectivity index (χ4v) is 2.95. The largest absolute Gasteiger partial charge is 0.513 e. The highest BCUT2D eigenvalue weighted by Crippen LogP contribution is 2.34. The second-order valence-corrected chi connectivity index (χ2v) is 5.85.